The molecular weight excluding hydrogens is 288 g/mol. The zero-order valence-electron chi connectivity index (χ0n) is 9.44. The molecule has 3 rings (SSSR count). The third-order valence-electron chi connectivity index (χ3n) is 2.93. The number of aromatic nitrogens is 1. The van der Waals surface area contributed by atoms with Gasteiger partial charge in [0.05, 0.1) is 0 Å². The molecule has 0 saturated carbocycles. The van der Waals surface area contributed by atoms with Crippen LogP contribution in [0.4, 0.5) is 0 Å². The molecule has 2 aromatic carbocycles. The molecule has 1 N–H and O–H groups in total. The first-order chi connectivity index (χ1) is 8.79. The second-order valence-electron chi connectivity index (χ2n) is 4.04. The van der Waals surface area contributed by atoms with Gasteiger partial charge in [-0.15, -0.1) is 0 Å². The molecule has 1 aromatic heterocycles. The minimum atomic E-state index is 0.606. The van der Waals surface area contributed by atoms with Crippen LogP contribution in [0.25, 0.3) is 22.0 Å². The van der Waals surface area contributed by atoms with E-state index >= 15 is 0 Å². The fraction of sp³-hybridized carbons (Fsp3) is 0. The molecule has 2 nitrogen and oxygen atoms in total. The molecule has 86 valence electrons. The van der Waals surface area contributed by atoms with Gasteiger partial charge in [0.1, 0.15) is 11.8 Å². The first-order valence-electron chi connectivity index (χ1n) is 5.56. The minimum absolute atomic E-state index is 0.606. The second kappa shape index (κ2) is 4.32. The number of halogens is 1. The van der Waals surface area contributed by atoms with Crippen LogP contribution < -0.4 is 0 Å². The van der Waals surface area contributed by atoms with Gasteiger partial charge in [-0.3, -0.25) is 0 Å². The van der Waals surface area contributed by atoms with E-state index in [4.69, 9.17) is 0 Å². The van der Waals surface area contributed by atoms with Crippen LogP contribution in [0.5, 0.6) is 0 Å². The molecule has 0 aliphatic heterocycles. The molecule has 0 bridgehead atoms. The highest BCUT2D eigenvalue weighted by Gasteiger charge is 2.12. The van der Waals surface area contributed by atoms with Crippen molar-refractivity contribution in [3.63, 3.8) is 0 Å². The normalized spacial score (nSPS) is 10.4. The lowest BCUT2D eigenvalue weighted by Crippen LogP contribution is -1.80. The Morgan fingerprint density at radius 3 is 2.56 bits per heavy atom. The number of benzene rings is 2. The van der Waals surface area contributed by atoms with Crippen LogP contribution in [0.2, 0.25) is 0 Å². The Bertz CT molecular complexity index is 751. The maximum Gasteiger partial charge on any atom is 0.126 e. The van der Waals surface area contributed by atoms with Gasteiger partial charge < -0.3 is 4.98 Å². The number of H-pyrrole nitrogens is 1. The smallest absolute Gasteiger partial charge is 0.126 e. The van der Waals surface area contributed by atoms with Crippen LogP contribution in [0.3, 0.4) is 0 Å². The van der Waals surface area contributed by atoms with Crippen LogP contribution in [0.15, 0.2) is 53.0 Å². The summed E-state index contributed by atoms with van der Waals surface area (Å²) in [7, 11) is 0. The van der Waals surface area contributed by atoms with Crippen LogP contribution in [0, 0.1) is 11.3 Å². The van der Waals surface area contributed by atoms with Crippen LogP contribution in [-0.2, 0) is 0 Å². The molecule has 18 heavy (non-hydrogen) atoms. The highest BCUT2D eigenvalue weighted by Crippen LogP contribution is 2.33. The summed E-state index contributed by atoms with van der Waals surface area (Å²) in [6.07, 6.45) is 0. The Labute approximate surface area is 113 Å². The monoisotopic (exact) mass is 296 g/mol. The maximum absolute atomic E-state index is 9.26. The zero-order chi connectivity index (χ0) is 12.5. The molecule has 0 unspecified atom stereocenters. The van der Waals surface area contributed by atoms with E-state index in [2.05, 4.69) is 27.0 Å². The summed E-state index contributed by atoms with van der Waals surface area (Å²) in [6, 6.07) is 18.2. The van der Waals surface area contributed by atoms with Crippen molar-refractivity contribution in [1.29, 1.82) is 5.26 Å². The van der Waals surface area contributed by atoms with Crippen molar-refractivity contribution in [3.05, 3.63) is 58.7 Å². The number of aromatic amines is 1. The molecule has 0 atom stereocenters. The molecule has 0 spiro atoms. The third-order valence-corrected chi connectivity index (χ3v) is 3.43. The molecule has 0 aliphatic carbocycles. The molecular formula is C15H9BrN2. The van der Waals surface area contributed by atoms with Gasteiger partial charge in [0.25, 0.3) is 0 Å². The molecule has 0 saturated heterocycles. The van der Waals surface area contributed by atoms with Crippen molar-refractivity contribution >= 4 is 26.8 Å². The average Bonchev–Trinajstić information content (AvgIpc) is 2.77. The van der Waals surface area contributed by atoms with Gasteiger partial charge in [-0.25, -0.2) is 0 Å². The van der Waals surface area contributed by atoms with E-state index in [1.807, 2.05) is 48.5 Å². The van der Waals surface area contributed by atoms with Crippen LogP contribution in [0.1, 0.15) is 5.69 Å². The Balaban J connectivity index is 2.40. The number of rotatable bonds is 1. The Hall–Kier alpha value is -2.05. The molecule has 3 heteroatoms. The van der Waals surface area contributed by atoms with E-state index in [9.17, 15) is 5.26 Å². The average molecular weight is 297 g/mol. The molecule has 0 amide bonds. The molecule has 0 aliphatic rings. The molecule has 0 fully saturated rings. The Morgan fingerprint density at radius 2 is 1.83 bits per heavy atom. The fourth-order valence-electron chi connectivity index (χ4n) is 2.15. The van der Waals surface area contributed by atoms with E-state index in [1.54, 1.807) is 0 Å². The number of fused-ring (bicyclic) bond motifs is 1. The van der Waals surface area contributed by atoms with Crippen LogP contribution >= 0.6 is 15.9 Å². The first-order valence-corrected chi connectivity index (χ1v) is 6.35. The zero-order valence-corrected chi connectivity index (χ0v) is 11.0. The summed E-state index contributed by atoms with van der Waals surface area (Å²) in [5, 5.41) is 10.3. The van der Waals surface area contributed by atoms with Gasteiger partial charge in [0.15, 0.2) is 0 Å². The highest BCUT2D eigenvalue weighted by atomic mass is 79.9. The van der Waals surface area contributed by atoms with Crippen molar-refractivity contribution in [2.24, 2.45) is 0 Å². The van der Waals surface area contributed by atoms with Crippen molar-refractivity contribution in [3.8, 4) is 17.2 Å². The summed E-state index contributed by atoms with van der Waals surface area (Å²) < 4.78 is 1.01. The van der Waals surface area contributed by atoms with Crippen molar-refractivity contribution in [2.45, 2.75) is 0 Å². The molecule has 3 aromatic rings. The summed E-state index contributed by atoms with van der Waals surface area (Å²) in [5.41, 5.74) is 3.61. The van der Waals surface area contributed by atoms with Gasteiger partial charge >= 0.3 is 0 Å². The minimum Gasteiger partial charge on any atom is -0.346 e. The van der Waals surface area contributed by atoms with Gasteiger partial charge in [-0.05, 0) is 23.8 Å². The molecule has 0 radical (unpaired) electrons. The van der Waals surface area contributed by atoms with Gasteiger partial charge in [-0.1, -0.05) is 46.3 Å². The van der Waals surface area contributed by atoms with E-state index in [1.165, 1.54) is 0 Å². The first kappa shape index (κ1) is 11.1. The Morgan fingerprint density at radius 1 is 1.06 bits per heavy atom. The largest absolute Gasteiger partial charge is 0.346 e. The summed E-state index contributed by atoms with van der Waals surface area (Å²) in [4.78, 5) is 3.16. The number of hydrogen-bond donors (Lipinski definition) is 1. The standard InChI is InChI=1S/C15H9BrN2/c16-11-6-7-13-12(8-11)15(14(9-17)18-13)10-4-2-1-3-5-10/h1-8,18H. The maximum atomic E-state index is 9.26. The van der Waals surface area contributed by atoms with E-state index in [-0.39, 0.29) is 0 Å². The van der Waals surface area contributed by atoms with Crippen molar-refractivity contribution in [1.82, 2.24) is 4.98 Å². The van der Waals surface area contributed by atoms with E-state index in [0.29, 0.717) is 5.69 Å². The van der Waals surface area contributed by atoms with Gasteiger partial charge in [-0.2, -0.15) is 5.26 Å². The predicted molar refractivity (Wildman–Crippen MR) is 76.1 cm³/mol. The number of nitrogens with zero attached hydrogens (tertiary/aromatic N) is 1. The van der Waals surface area contributed by atoms with Crippen molar-refractivity contribution < 1.29 is 0 Å². The summed E-state index contributed by atoms with van der Waals surface area (Å²) >= 11 is 3.47. The summed E-state index contributed by atoms with van der Waals surface area (Å²) in [5.74, 6) is 0. The molecule has 1 heterocycles. The third kappa shape index (κ3) is 1.71. The SMILES string of the molecule is N#Cc1[nH]c2ccc(Br)cc2c1-c1ccccc1. The lowest BCUT2D eigenvalue weighted by molar-refractivity contribution is 1.37. The van der Waals surface area contributed by atoms with Crippen LogP contribution in [-0.4, -0.2) is 4.98 Å². The lowest BCUT2D eigenvalue weighted by Gasteiger charge is -2.00. The summed E-state index contributed by atoms with van der Waals surface area (Å²) in [6.45, 7) is 0. The van der Waals surface area contributed by atoms with E-state index in [0.717, 1.165) is 26.5 Å². The van der Waals surface area contributed by atoms with Crippen molar-refractivity contribution in [2.75, 3.05) is 0 Å². The lowest BCUT2D eigenvalue weighted by atomic mass is 10.0. The topological polar surface area (TPSA) is 39.6 Å². The predicted octanol–water partition coefficient (Wildman–Crippen LogP) is 4.47. The Kier molecular flexibility index (Phi) is 2.66. The number of nitriles is 1. The fourth-order valence-corrected chi connectivity index (χ4v) is 2.51. The number of hydrogen-bond acceptors (Lipinski definition) is 1. The number of nitrogens with one attached hydrogen (secondary N) is 1. The highest BCUT2D eigenvalue weighted by molar-refractivity contribution is 9.10. The van der Waals surface area contributed by atoms with E-state index < -0.39 is 0 Å². The quantitative estimate of drug-likeness (QED) is 0.707. The van der Waals surface area contributed by atoms with Gasteiger partial charge in [0.2, 0.25) is 0 Å². The van der Waals surface area contributed by atoms with Gasteiger partial charge in [0, 0.05) is 20.9 Å². The second-order valence-corrected chi connectivity index (χ2v) is 4.96.